The summed E-state index contributed by atoms with van der Waals surface area (Å²) in [6, 6.07) is 17.7. The van der Waals surface area contributed by atoms with Crippen molar-refractivity contribution in [3.63, 3.8) is 0 Å². The summed E-state index contributed by atoms with van der Waals surface area (Å²) in [6.45, 7) is 6.11. The van der Waals surface area contributed by atoms with Crippen molar-refractivity contribution in [1.29, 1.82) is 0 Å². The number of amides is 1. The SMILES string of the molecule is CC(C)(C)c1ccc(S(=O)(=O)Nc2ccc(Cl)cc2C(=O)Nc2cccc(CCC(=O)O)c2)cc1. The van der Waals surface area contributed by atoms with Gasteiger partial charge in [0, 0.05) is 17.1 Å². The van der Waals surface area contributed by atoms with Gasteiger partial charge in [-0.3, -0.25) is 14.3 Å². The van der Waals surface area contributed by atoms with E-state index in [-0.39, 0.29) is 33.0 Å². The third-order valence-electron chi connectivity index (χ3n) is 5.31. The quantitative estimate of drug-likeness (QED) is 0.356. The number of hydrogen-bond acceptors (Lipinski definition) is 4. The van der Waals surface area contributed by atoms with E-state index in [1.165, 1.54) is 30.3 Å². The van der Waals surface area contributed by atoms with E-state index in [1.54, 1.807) is 36.4 Å². The lowest BCUT2D eigenvalue weighted by Gasteiger charge is -2.19. The number of benzene rings is 3. The molecule has 0 unspecified atom stereocenters. The Balaban J connectivity index is 1.84. The number of aryl methyl sites for hydroxylation is 1. The monoisotopic (exact) mass is 514 g/mol. The van der Waals surface area contributed by atoms with Crippen LogP contribution in [-0.2, 0) is 26.7 Å². The number of sulfonamides is 1. The molecule has 0 atom stereocenters. The summed E-state index contributed by atoms with van der Waals surface area (Å²) in [6.07, 6.45) is 0.281. The van der Waals surface area contributed by atoms with Crippen LogP contribution >= 0.6 is 11.6 Å². The second-order valence-corrected chi connectivity index (χ2v) is 11.2. The predicted molar refractivity (Wildman–Crippen MR) is 138 cm³/mol. The van der Waals surface area contributed by atoms with Gasteiger partial charge in [0.1, 0.15) is 0 Å². The molecule has 3 aromatic carbocycles. The summed E-state index contributed by atoms with van der Waals surface area (Å²) < 4.78 is 28.5. The van der Waals surface area contributed by atoms with Gasteiger partial charge >= 0.3 is 5.97 Å². The molecular formula is C26H27ClN2O5S. The molecule has 0 bridgehead atoms. The molecule has 0 aliphatic rings. The first kappa shape index (κ1) is 26.2. The van der Waals surface area contributed by atoms with Crippen LogP contribution in [0.4, 0.5) is 11.4 Å². The number of carboxylic acids is 1. The second kappa shape index (κ2) is 10.5. The molecule has 0 radical (unpaired) electrons. The minimum absolute atomic E-state index is 0.0334. The second-order valence-electron chi connectivity index (χ2n) is 9.12. The summed E-state index contributed by atoms with van der Waals surface area (Å²) in [5, 5.41) is 11.9. The Kier molecular flexibility index (Phi) is 7.87. The number of rotatable bonds is 8. The molecule has 0 fully saturated rings. The zero-order chi connectivity index (χ0) is 25.8. The first-order valence-corrected chi connectivity index (χ1v) is 12.8. The van der Waals surface area contributed by atoms with Crippen LogP contribution in [-0.4, -0.2) is 25.4 Å². The molecule has 0 aliphatic heterocycles. The Morgan fingerprint density at radius 1 is 0.971 bits per heavy atom. The van der Waals surface area contributed by atoms with Crippen molar-refractivity contribution in [3.05, 3.63) is 88.4 Å². The van der Waals surface area contributed by atoms with E-state index in [2.05, 4.69) is 10.0 Å². The molecule has 9 heteroatoms. The lowest BCUT2D eigenvalue weighted by atomic mass is 9.87. The summed E-state index contributed by atoms with van der Waals surface area (Å²) in [7, 11) is -3.97. The van der Waals surface area contributed by atoms with E-state index in [4.69, 9.17) is 16.7 Å². The van der Waals surface area contributed by atoms with E-state index in [0.29, 0.717) is 12.1 Å². The summed E-state index contributed by atoms with van der Waals surface area (Å²) >= 11 is 6.10. The molecule has 0 aromatic heterocycles. The largest absolute Gasteiger partial charge is 0.481 e. The first-order valence-electron chi connectivity index (χ1n) is 10.9. The van der Waals surface area contributed by atoms with Gasteiger partial charge in [-0.1, -0.05) is 56.6 Å². The smallest absolute Gasteiger partial charge is 0.303 e. The van der Waals surface area contributed by atoms with Crippen LogP contribution in [0.1, 0.15) is 48.7 Å². The van der Waals surface area contributed by atoms with Crippen molar-refractivity contribution in [3.8, 4) is 0 Å². The molecule has 3 N–H and O–H groups in total. The van der Waals surface area contributed by atoms with Crippen molar-refractivity contribution in [2.75, 3.05) is 10.0 Å². The topological polar surface area (TPSA) is 113 Å². The lowest BCUT2D eigenvalue weighted by Crippen LogP contribution is -2.19. The van der Waals surface area contributed by atoms with Crippen molar-refractivity contribution >= 4 is 44.9 Å². The zero-order valence-electron chi connectivity index (χ0n) is 19.6. The Bertz CT molecular complexity index is 1350. The minimum atomic E-state index is -3.97. The number of hydrogen-bond donors (Lipinski definition) is 3. The molecule has 0 saturated carbocycles. The van der Waals surface area contributed by atoms with E-state index in [0.717, 1.165) is 11.1 Å². The van der Waals surface area contributed by atoms with Crippen LogP contribution in [0.15, 0.2) is 71.6 Å². The fraction of sp³-hybridized carbons (Fsp3) is 0.231. The molecule has 3 aromatic rings. The van der Waals surface area contributed by atoms with Crippen molar-refractivity contribution < 1.29 is 23.1 Å². The fourth-order valence-corrected chi connectivity index (χ4v) is 4.64. The maximum Gasteiger partial charge on any atom is 0.303 e. The number of nitrogens with one attached hydrogen (secondary N) is 2. The van der Waals surface area contributed by atoms with E-state index < -0.39 is 21.9 Å². The molecule has 35 heavy (non-hydrogen) atoms. The first-order chi connectivity index (χ1) is 16.3. The number of anilines is 2. The zero-order valence-corrected chi connectivity index (χ0v) is 21.2. The van der Waals surface area contributed by atoms with Gasteiger partial charge in [-0.05, 0) is 65.4 Å². The Morgan fingerprint density at radius 3 is 2.29 bits per heavy atom. The molecule has 7 nitrogen and oxygen atoms in total. The average Bonchev–Trinajstić information content (AvgIpc) is 2.78. The highest BCUT2D eigenvalue weighted by Crippen LogP contribution is 2.27. The normalized spacial score (nSPS) is 11.7. The van der Waals surface area contributed by atoms with Crippen LogP contribution in [0, 0.1) is 0 Å². The third-order valence-corrected chi connectivity index (χ3v) is 6.93. The van der Waals surface area contributed by atoms with Crippen LogP contribution < -0.4 is 10.0 Å². The average molecular weight is 515 g/mol. The van der Waals surface area contributed by atoms with Gasteiger partial charge in [-0.2, -0.15) is 0 Å². The van der Waals surface area contributed by atoms with Crippen molar-refractivity contribution in [2.24, 2.45) is 0 Å². The summed E-state index contributed by atoms with van der Waals surface area (Å²) in [4.78, 5) is 23.9. The Hall–Kier alpha value is -3.36. The fourth-order valence-electron chi connectivity index (χ4n) is 3.39. The minimum Gasteiger partial charge on any atom is -0.481 e. The molecule has 0 heterocycles. The van der Waals surface area contributed by atoms with E-state index in [9.17, 15) is 18.0 Å². The molecular weight excluding hydrogens is 488 g/mol. The molecule has 0 saturated heterocycles. The standard InChI is InChI=1S/C26H27ClN2O5S/c1-26(2,3)18-8-11-21(12-9-18)35(33,34)29-23-13-10-19(27)16-22(23)25(32)28-20-6-4-5-17(15-20)7-14-24(30)31/h4-6,8-13,15-16,29H,7,14H2,1-3H3,(H,28,32)(H,30,31). The van der Waals surface area contributed by atoms with Gasteiger partial charge in [-0.15, -0.1) is 0 Å². The Morgan fingerprint density at radius 2 is 1.66 bits per heavy atom. The van der Waals surface area contributed by atoms with Gasteiger partial charge in [0.2, 0.25) is 0 Å². The highest BCUT2D eigenvalue weighted by Gasteiger charge is 2.21. The van der Waals surface area contributed by atoms with Gasteiger partial charge < -0.3 is 10.4 Å². The lowest BCUT2D eigenvalue weighted by molar-refractivity contribution is -0.136. The van der Waals surface area contributed by atoms with Crippen LogP contribution in [0.2, 0.25) is 5.02 Å². The van der Waals surface area contributed by atoms with Crippen LogP contribution in [0.5, 0.6) is 0 Å². The van der Waals surface area contributed by atoms with Crippen LogP contribution in [0.3, 0.4) is 0 Å². The number of aliphatic carboxylic acids is 1. The summed E-state index contributed by atoms with van der Waals surface area (Å²) in [5.74, 6) is -1.48. The Labute approximate surface area is 210 Å². The molecule has 184 valence electrons. The molecule has 0 aliphatic carbocycles. The maximum absolute atomic E-state index is 13.0. The van der Waals surface area contributed by atoms with E-state index >= 15 is 0 Å². The number of carboxylic acid groups (broad SMARTS) is 1. The summed E-state index contributed by atoms with van der Waals surface area (Å²) in [5.41, 5.74) is 2.19. The van der Waals surface area contributed by atoms with Crippen molar-refractivity contribution in [2.45, 2.75) is 43.9 Å². The van der Waals surface area contributed by atoms with Gasteiger partial charge in [0.25, 0.3) is 15.9 Å². The highest BCUT2D eigenvalue weighted by molar-refractivity contribution is 7.92. The predicted octanol–water partition coefficient (Wildman–Crippen LogP) is 5.71. The maximum atomic E-state index is 13.0. The molecule has 1 amide bonds. The number of carbonyl (C=O) groups excluding carboxylic acids is 1. The number of halogens is 1. The highest BCUT2D eigenvalue weighted by atomic mass is 35.5. The van der Waals surface area contributed by atoms with Crippen LogP contribution in [0.25, 0.3) is 0 Å². The van der Waals surface area contributed by atoms with Gasteiger partial charge in [0.05, 0.1) is 16.1 Å². The molecule has 0 spiro atoms. The number of carbonyl (C=O) groups is 2. The van der Waals surface area contributed by atoms with E-state index in [1.807, 2.05) is 20.8 Å². The van der Waals surface area contributed by atoms with Gasteiger partial charge in [-0.25, -0.2) is 8.42 Å². The molecule has 3 rings (SSSR count). The van der Waals surface area contributed by atoms with Gasteiger partial charge in [0.15, 0.2) is 0 Å². The van der Waals surface area contributed by atoms with Crippen molar-refractivity contribution in [1.82, 2.24) is 0 Å². The third kappa shape index (κ3) is 7.07.